The lowest BCUT2D eigenvalue weighted by Crippen LogP contribution is -2.17. The number of benzene rings is 1. The van der Waals surface area contributed by atoms with Crippen LogP contribution in [0.4, 0.5) is 0 Å². The molecular formula is C12H12N2O3. The van der Waals surface area contributed by atoms with Gasteiger partial charge in [-0.2, -0.15) is 0 Å². The molecule has 2 N–H and O–H groups in total. The Morgan fingerprint density at radius 1 is 1.41 bits per heavy atom. The molecule has 0 bridgehead atoms. The first-order valence-electron chi connectivity index (χ1n) is 5.23. The smallest absolute Gasteiger partial charge is 0.335 e. The molecule has 17 heavy (non-hydrogen) atoms. The normalized spacial score (nSPS) is 10.4. The molecule has 0 amide bonds. The number of nitrogens with one attached hydrogen (secondary N) is 1. The van der Waals surface area contributed by atoms with Gasteiger partial charge in [-0.25, -0.2) is 9.59 Å². The van der Waals surface area contributed by atoms with E-state index in [0.29, 0.717) is 13.0 Å². The maximum Gasteiger partial charge on any atom is 0.335 e. The van der Waals surface area contributed by atoms with E-state index in [2.05, 4.69) is 4.98 Å². The Labute approximate surface area is 97.3 Å². The van der Waals surface area contributed by atoms with Gasteiger partial charge in [0, 0.05) is 18.9 Å². The highest BCUT2D eigenvalue weighted by Gasteiger charge is 2.03. The van der Waals surface area contributed by atoms with Crippen molar-refractivity contribution in [2.45, 2.75) is 13.0 Å². The molecule has 0 aliphatic heterocycles. The van der Waals surface area contributed by atoms with Crippen LogP contribution >= 0.6 is 0 Å². The number of carboxylic acid groups (broad SMARTS) is 1. The van der Waals surface area contributed by atoms with E-state index in [9.17, 15) is 9.59 Å². The largest absolute Gasteiger partial charge is 0.478 e. The van der Waals surface area contributed by atoms with Crippen molar-refractivity contribution >= 4 is 5.97 Å². The molecule has 5 nitrogen and oxygen atoms in total. The van der Waals surface area contributed by atoms with E-state index in [4.69, 9.17) is 5.11 Å². The maximum atomic E-state index is 11.2. The van der Waals surface area contributed by atoms with Crippen molar-refractivity contribution in [2.75, 3.05) is 0 Å². The number of H-pyrrole nitrogens is 1. The van der Waals surface area contributed by atoms with Crippen molar-refractivity contribution in [3.63, 3.8) is 0 Å². The summed E-state index contributed by atoms with van der Waals surface area (Å²) in [6.45, 7) is 0.533. The van der Waals surface area contributed by atoms with E-state index in [1.54, 1.807) is 35.2 Å². The molecule has 0 spiro atoms. The highest BCUT2D eigenvalue weighted by molar-refractivity contribution is 5.87. The van der Waals surface area contributed by atoms with Gasteiger partial charge in [0.2, 0.25) is 0 Å². The number of aromatic carboxylic acids is 1. The van der Waals surface area contributed by atoms with Crippen LogP contribution in [0.25, 0.3) is 0 Å². The first-order chi connectivity index (χ1) is 8.16. The molecule has 0 radical (unpaired) electrons. The molecule has 0 saturated heterocycles. The first-order valence-corrected chi connectivity index (χ1v) is 5.23. The molecule has 0 aliphatic carbocycles. The van der Waals surface area contributed by atoms with Gasteiger partial charge in [-0.3, -0.25) is 4.57 Å². The Morgan fingerprint density at radius 3 is 2.88 bits per heavy atom. The van der Waals surface area contributed by atoms with Crippen LogP contribution in [0, 0.1) is 0 Å². The second-order valence-corrected chi connectivity index (χ2v) is 3.71. The van der Waals surface area contributed by atoms with Crippen LogP contribution in [-0.4, -0.2) is 20.6 Å². The molecule has 2 aromatic rings. The molecule has 5 heteroatoms. The number of imidazole rings is 1. The van der Waals surface area contributed by atoms with E-state index in [1.807, 2.05) is 6.07 Å². The topological polar surface area (TPSA) is 75.1 Å². The summed E-state index contributed by atoms with van der Waals surface area (Å²) in [6.07, 6.45) is 3.87. The zero-order valence-electron chi connectivity index (χ0n) is 9.09. The van der Waals surface area contributed by atoms with Crippen molar-refractivity contribution in [2.24, 2.45) is 0 Å². The highest BCUT2D eigenvalue weighted by atomic mass is 16.4. The van der Waals surface area contributed by atoms with E-state index in [-0.39, 0.29) is 11.3 Å². The quantitative estimate of drug-likeness (QED) is 0.829. The van der Waals surface area contributed by atoms with Gasteiger partial charge in [-0.1, -0.05) is 12.1 Å². The number of hydrogen-bond donors (Lipinski definition) is 2. The number of aryl methyl sites for hydroxylation is 2. The number of aromatic amines is 1. The average Bonchev–Trinajstić information content (AvgIpc) is 2.72. The summed E-state index contributed by atoms with van der Waals surface area (Å²) >= 11 is 0. The highest BCUT2D eigenvalue weighted by Crippen LogP contribution is 2.06. The van der Waals surface area contributed by atoms with E-state index >= 15 is 0 Å². The van der Waals surface area contributed by atoms with Gasteiger partial charge in [-0.15, -0.1) is 0 Å². The summed E-state index contributed by atoms with van der Waals surface area (Å²) in [5.41, 5.74) is 1.02. The van der Waals surface area contributed by atoms with Crippen LogP contribution in [0.2, 0.25) is 0 Å². The van der Waals surface area contributed by atoms with Crippen LogP contribution in [0.1, 0.15) is 15.9 Å². The van der Waals surface area contributed by atoms with E-state index in [1.165, 1.54) is 0 Å². The predicted molar refractivity (Wildman–Crippen MR) is 62.2 cm³/mol. The maximum absolute atomic E-state index is 11.2. The fourth-order valence-electron chi connectivity index (χ4n) is 1.63. The third-order valence-corrected chi connectivity index (χ3v) is 2.54. The monoisotopic (exact) mass is 232 g/mol. The molecule has 1 heterocycles. The van der Waals surface area contributed by atoms with Gasteiger partial charge in [0.1, 0.15) is 0 Å². The van der Waals surface area contributed by atoms with Crippen molar-refractivity contribution in [3.05, 3.63) is 58.3 Å². The first kappa shape index (κ1) is 11.2. The SMILES string of the molecule is O=C(O)c1cccc(CCn2cc[nH]c2=O)c1. The van der Waals surface area contributed by atoms with Gasteiger partial charge in [0.15, 0.2) is 0 Å². The number of rotatable bonds is 4. The summed E-state index contributed by atoms with van der Waals surface area (Å²) in [5.74, 6) is -0.939. The van der Waals surface area contributed by atoms with Crippen LogP contribution in [0.5, 0.6) is 0 Å². The summed E-state index contributed by atoms with van der Waals surface area (Å²) in [5, 5.41) is 8.85. The second-order valence-electron chi connectivity index (χ2n) is 3.71. The standard InChI is InChI=1S/C12H12N2O3/c15-11(16)10-3-1-2-9(8-10)4-6-14-7-5-13-12(14)17/h1-3,5,7-8H,4,6H2,(H,13,17)(H,15,16). The van der Waals surface area contributed by atoms with Gasteiger partial charge in [0.25, 0.3) is 0 Å². The fraction of sp³-hybridized carbons (Fsp3) is 0.167. The number of carbonyl (C=O) groups is 1. The van der Waals surface area contributed by atoms with Crippen LogP contribution < -0.4 is 5.69 Å². The van der Waals surface area contributed by atoms with Crippen molar-refractivity contribution in [3.8, 4) is 0 Å². The van der Waals surface area contributed by atoms with Crippen molar-refractivity contribution < 1.29 is 9.90 Å². The summed E-state index contributed by atoms with van der Waals surface area (Å²) in [6, 6.07) is 6.73. The zero-order chi connectivity index (χ0) is 12.3. The molecule has 1 aromatic carbocycles. The van der Waals surface area contributed by atoms with Gasteiger partial charge >= 0.3 is 11.7 Å². The number of nitrogens with zero attached hydrogens (tertiary/aromatic N) is 1. The fourth-order valence-corrected chi connectivity index (χ4v) is 1.63. The lowest BCUT2D eigenvalue weighted by molar-refractivity contribution is 0.0697. The molecule has 88 valence electrons. The van der Waals surface area contributed by atoms with Crippen LogP contribution in [0.15, 0.2) is 41.5 Å². The molecule has 0 saturated carbocycles. The summed E-state index contributed by atoms with van der Waals surface area (Å²) in [7, 11) is 0. The molecule has 2 rings (SSSR count). The van der Waals surface area contributed by atoms with Crippen molar-refractivity contribution in [1.29, 1.82) is 0 Å². The number of hydrogen-bond acceptors (Lipinski definition) is 2. The Bertz CT molecular complexity index is 583. The Morgan fingerprint density at radius 2 is 2.24 bits per heavy atom. The van der Waals surface area contributed by atoms with E-state index < -0.39 is 5.97 Å². The van der Waals surface area contributed by atoms with Crippen LogP contribution in [0.3, 0.4) is 0 Å². The summed E-state index contributed by atoms with van der Waals surface area (Å²) < 4.78 is 1.55. The zero-order valence-corrected chi connectivity index (χ0v) is 9.09. The minimum absolute atomic E-state index is 0.153. The Kier molecular flexibility index (Phi) is 3.09. The molecule has 0 unspecified atom stereocenters. The summed E-state index contributed by atoms with van der Waals surface area (Å²) in [4.78, 5) is 24.6. The van der Waals surface area contributed by atoms with Crippen molar-refractivity contribution in [1.82, 2.24) is 9.55 Å². The lowest BCUT2D eigenvalue weighted by Gasteiger charge is -2.03. The lowest BCUT2D eigenvalue weighted by atomic mass is 10.1. The van der Waals surface area contributed by atoms with Gasteiger partial charge < -0.3 is 10.1 Å². The van der Waals surface area contributed by atoms with E-state index in [0.717, 1.165) is 5.56 Å². The third kappa shape index (κ3) is 2.63. The minimum atomic E-state index is -0.939. The average molecular weight is 232 g/mol. The van der Waals surface area contributed by atoms with Crippen LogP contribution in [-0.2, 0) is 13.0 Å². The number of aromatic nitrogens is 2. The molecule has 0 atom stereocenters. The molecular weight excluding hydrogens is 220 g/mol. The molecule has 1 aromatic heterocycles. The predicted octanol–water partition coefficient (Wildman–Crippen LogP) is 1.12. The van der Waals surface area contributed by atoms with Gasteiger partial charge in [0.05, 0.1) is 5.56 Å². The third-order valence-electron chi connectivity index (χ3n) is 2.54. The Balaban J connectivity index is 2.09. The number of carboxylic acids is 1. The van der Waals surface area contributed by atoms with Gasteiger partial charge in [-0.05, 0) is 24.1 Å². The molecule has 0 fully saturated rings. The minimum Gasteiger partial charge on any atom is -0.478 e. The second kappa shape index (κ2) is 4.69. The Hall–Kier alpha value is -2.30. The molecule has 0 aliphatic rings.